The zero-order valence-corrected chi connectivity index (χ0v) is 12.5. The van der Waals surface area contributed by atoms with Crippen LogP contribution in [0.3, 0.4) is 0 Å². The van der Waals surface area contributed by atoms with Crippen LogP contribution in [0.25, 0.3) is 0 Å². The topological polar surface area (TPSA) is 24.5 Å². The van der Waals surface area contributed by atoms with Gasteiger partial charge in [0, 0.05) is 20.2 Å². The third kappa shape index (κ3) is 3.91. The summed E-state index contributed by atoms with van der Waals surface area (Å²) in [7, 11) is 2.03. The first-order valence-corrected chi connectivity index (χ1v) is 7.26. The number of nitrogens with one attached hydrogen (secondary N) is 1. The van der Waals surface area contributed by atoms with Gasteiger partial charge in [0.25, 0.3) is 0 Å². The van der Waals surface area contributed by atoms with E-state index < -0.39 is 0 Å². The molecule has 1 aromatic rings. The highest BCUT2D eigenvalue weighted by atomic mass is 32.1. The molecule has 19 heavy (non-hydrogen) atoms. The molecular formula is C15H22N2OS. The van der Waals surface area contributed by atoms with Gasteiger partial charge in [-0.3, -0.25) is 0 Å². The van der Waals surface area contributed by atoms with Crippen LogP contribution < -0.4 is 5.32 Å². The van der Waals surface area contributed by atoms with E-state index in [4.69, 9.17) is 17.0 Å². The molecule has 1 saturated heterocycles. The first-order valence-electron chi connectivity index (χ1n) is 6.85. The van der Waals surface area contributed by atoms with Crippen molar-refractivity contribution in [2.24, 2.45) is 0 Å². The van der Waals surface area contributed by atoms with Crippen molar-refractivity contribution >= 4 is 17.3 Å². The lowest BCUT2D eigenvalue weighted by Gasteiger charge is -2.28. The smallest absolute Gasteiger partial charge is 0.169 e. The molecule has 1 heterocycles. The monoisotopic (exact) mass is 278 g/mol. The van der Waals surface area contributed by atoms with Gasteiger partial charge in [-0.2, -0.15) is 0 Å². The maximum atomic E-state index is 5.59. The highest BCUT2D eigenvalue weighted by Gasteiger charge is 2.18. The summed E-state index contributed by atoms with van der Waals surface area (Å²) in [5.41, 5.74) is 1.27. The van der Waals surface area contributed by atoms with Crippen LogP contribution >= 0.6 is 12.2 Å². The summed E-state index contributed by atoms with van der Waals surface area (Å²) in [4.78, 5) is 2.10. The molecule has 1 fully saturated rings. The first-order chi connectivity index (χ1) is 9.18. The quantitative estimate of drug-likeness (QED) is 0.856. The van der Waals surface area contributed by atoms with Crippen molar-refractivity contribution in [3.05, 3.63) is 35.9 Å². The van der Waals surface area contributed by atoms with E-state index in [1.807, 2.05) is 13.1 Å². The molecule has 104 valence electrons. The van der Waals surface area contributed by atoms with Gasteiger partial charge in [-0.15, -0.1) is 0 Å². The minimum atomic E-state index is 0.269. The molecular weight excluding hydrogens is 256 g/mol. The predicted molar refractivity (Wildman–Crippen MR) is 82.2 cm³/mol. The Morgan fingerprint density at radius 3 is 2.84 bits per heavy atom. The molecule has 3 nitrogen and oxygen atoms in total. The molecule has 0 aromatic heterocycles. The van der Waals surface area contributed by atoms with Gasteiger partial charge in [0.05, 0.1) is 12.1 Å². The van der Waals surface area contributed by atoms with Crippen LogP contribution in [0.5, 0.6) is 0 Å². The van der Waals surface area contributed by atoms with Crippen molar-refractivity contribution in [1.82, 2.24) is 10.2 Å². The van der Waals surface area contributed by atoms with E-state index in [2.05, 4.69) is 41.4 Å². The van der Waals surface area contributed by atoms with Crippen LogP contribution in [0.4, 0.5) is 0 Å². The lowest BCUT2D eigenvalue weighted by atomic mass is 10.1. The van der Waals surface area contributed by atoms with Gasteiger partial charge in [-0.25, -0.2) is 0 Å². The number of hydrogen-bond donors (Lipinski definition) is 1. The Morgan fingerprint density at radius 2 is 2.21 bits per heavy atom. The Hall–Kier alpha value is -1.13. The molecule has 0 amide bonds. The summed E-state index contributed by atoms with van der Waals surface area (Å²) in [5, 5.41) is 4.09. The minimum absolute atomic E-state index is 0.269. The molecule has 0 radical (unpaired) electrons. The third-order valence-corrected chi connectivity index (χ3v) is 4.12. The van der Waals surface area contributed by atoms with Gasteiger partial charge in [-0.1, -0.05) is 30.3 Å². The highest BCUT2D eigenvalue weighted by Crippen LogP contribution is 2.18. The van der Waals surface area contributed by atoms with Gasteiger partial charge >= 0.3 is 0 Å². The Bertz CT molecular complexity index is 404. The van der Waals surface area contributed by atoms with Crippen LogP contribution in [-0.4, -0.2) is 36.3 Å². The van der Waals surface area contributed by atoms with E-state index in [0.29, 0.717) is 6.10 Å². The first kappa shape index (κ1) is 14.3. The number of nitrogens with zero attached hydrogens (tertiary/aromatic N) is 1. The van der Waals surface area contributed by atoms with Crippen LogP contribution in [0, 0.1) is 0 Å². The molecule has 1 aromatic carbocycles. The zero-order valence-electron chi connectivity index (χ0n) is 11.6. The second-order valence-electron chi connectivity index (χ2n) is 5.02. The average Bonchev–Trinajstić information content (AvgIpc) is 2.97. The van der Waals surface area contributed by atoms with E-state index in [0.717, 1.165) is 31.1 Å². The van der Waals surface area contributed by atoms with Gasteiger partial charge < -0.3 is 15.0 Å². The highest BCUT2D eigenvalue weighted by molar-refractivity contribution is 7.80. The normalized spacial score (nSPS) is 20.0. The van der Waals surface area contributed by atoms with Crippen LogP contribution in [0.1, 0.15) is 31.4 Å². The number of rotatable bonds is 4. The van der Waals surface area contributed by atoms with Gasteiger partial charge in [-0.05, 0) is 37.5 Å². The maximum absolute atomic E-state index is 5.59. The Kier molecular flexibility index (Phi) is 5.16. The molecule has 0 saturated carbocycles. The Morgan fingerprint density at radius 1 is 1.47 bits per heavy atom. The molecule has 1 aliphatic rings. The van der Waals surface area contributed by atoms with E-state index >= 15 is 0 Å². The molecule has 2 rings (SSSR count). The second kappa shape index (κ2) is 6.87. The fourth-order valence-electron chi connectivity index (χ4n) is 2.26. The zero-order chi connectivity index (χ0) is 13.7. The molecule has 4 heteroatoms. The van der Waals surface area contributed by atoms with Crippen molar-refractivity contribution < 1.29 is 4.74 Å². The van der Waals surface area contributed by atoms with Crippen molar-refractivity contribution in [1.29, 1.82) is 0 Å². The van der Waals surface area contributed by atoms with E-state index in [1.165, 1.54) is 5.56 Å². The number of thiocarbonyl (C=S) groups is 1. The summed E-state index contributed by atoms with van der Waals surface area (Å²) in [6.07, 6.45) is 2.61. The van der Waals surface area contributed by atoms with Gasteiger partial charge in [0.2, 0.25) is 0 Å². The van der Waals surface area contributed by atoms with Crippen LogP contribution in [0.15, 0.2) is 30.3 Å². The molecule has 0 spiro atoms. The third-order valence-electron chi connectivity index (χ3n) is 3.69. The second-order valence-corrected chi connectivity index (χ2v) is 5.41. The summed E-state index contributed by atoms with van der Waals surface area (Å²) < 4.78 is 5.59. The average molecular weight is 278 g/mol. The van der Waals surface area contributed by atoms with Gasteiger partial charge in [0.15, 0.2) is 5.11 Å². The van der Waals surface area contributed by atoms with Crippen LogP contribution in [0.2, 0.25) is 0 Å². The van der Waals surface area contributed by atoms with Crippen molar-refractivity contribution in [3.8, 4) is 0 Å². The number of hydrogen-bond acceptors (Lipinski definition) is 2. The largest absolute Gasteiger partial charge is 0.376 e. The van der Waals surface area contributed by atoms with Crippen LogP contribution in [-0.2, 0) is 4.74 Å². The molecule has 1 N–H and O–H groups in total. The molecule has 1 aliphatic heterocycles. The number of ether oxygens (including phenoxy) is 1. The van der Waals surface area contributed by atoms with Gasteiger partial charge in [0.1, 0.15) is 0 Å². The number of benzene rings is 1. The molecule has 0 bridgehead atoms. The Balaban J connectivity index is 1.84. The molecule has 0 aliphatic carbocycles. The fraction of sp³-hybridized carbons (Fsp3) is 0.533. The Labute approximate surface area is 120 Å². The summed E-state index contributed by atoms with van der Waals surface area (Å²) in [5.74, 6) is 0. The fourth-order valence-corrected chi connectivity index (χ4v) is 2.50. The van der Waals surface area contributed by atoms with E-state index in [1.54, 1.807) is 0 Å². The molecule has 2 atom stereocenters. The standard InChI is InChI=1S/C15H22N2OS/c1-12(13-7-4-3-5-8-13)17(2)15(19)16-11-14-9-6-10-18-14/h3-5,7-8,12,14H,6,9-11H2,1-2H3,(H,16,19)/t12-,14+/m1/s1. The van der Waals surface area contributed by atoms with Crippen molar-refractivity contribution in [3.63, 3.8) is 0 Å². The summed E-state index contributed by atoms with van der Waals surface area (Å²) in [6.45, 7) is 3.86. The molecule has 0 unspecified atom stereocenters. The SMILES string of the molecule is C[C@H](c1ccccc1)N(C)C(=S)NC[C@@H]1CCCO1. The summed E-state index contributed by atoms with van der Waals surface area (Å²) in [6, 6.07) is 10.7. The predicted octanol–water partition coefficient (Wildman–Crippen LogP) is 2.73. The minimum Gasteiger partial charge on any atom is -0.376 e. The van der Waals surface area contributed by atoms with E-state index in [9.17, 15) is 0 Å². The summed E-state index contributed by atoms with van der Waals surface area (Å²) >= 11 is 5.45. The van der Waals surface area contributed by atoms with E-state index in [-0.39, 0.29) is 6.04 Å². The van der Waals surface area contributed by atoms with Crippen molar-refractivity contribution in [2.45, 2.75) is 31.9 Å². The lowest BCUT2D eigenvalue weighted by molar-refractivity contribution is 0.113. The maximum Gasteiger partial charge on any atom is 0.169 e. The lowest BCUT2D eigenvalue weighted by Crippen LogP contribution is -2.41. The van der Waals surface area contributed by atoms with Crippen molar-refractivity contribution in [2.75, 3.05) is 20.2 Å².